The molecule has 0 aliphatic heterocycles. The van der Waals surface area contributed by atoms with Crippen LogP contribution < -0.4 is 25.6 Å². The summed E-state index contributed by atoms with van der Waals surface area (Å²) >= 11 is 3.47. The molecule has 11 heteroatoms. The maximum atomic E-state index is 15.5. The van der Waals surface area contributed by atoms with Crippen LogP contribution in [-0.2, 0) is 4.43 Å². The van der Waals surface area contributed by atoms with Gasteiger partial charge in [0.25, 0.3) is 14.2 Å². The average molecular weight is 708 g/mol. The predicted molar refractivity (Wildman–Crippen MR) is 178 cm³/mol. The molecule has 238 valence electrons. The van der Waals surface area contributed by atoms with Crippen molar-refractivity contribution in [3.63, 3.8) is 0 Å². The van der Waals surface area contributed by atoms with Crippen LogP contribution in [0.1, 0.15) is 42.9 Å². The number of hydrogen-bond donors (Lipinski definition) is 1. The highest BCUT2D eigenvalue weighted by Gasteiger charge is 2.50. The fourth-order valence-electron chi connectivity index (χ4n) is 5.50. The molecule has 1 atom stereocenters. The zero-order valence-electron chi connectivity index (χ0n) is 25.7. The number of carbonyl (C=O) groups is 1. The fourth-order valence-corrected chi connectivity index (χ4v) is 10.6. The maximum Gasteiger partial charge on any atom is 0.261 e. The van der Waals surface area contributed by atoms with E-state index in [4.69, 9.17) is 29.0 Å². The molecular weight excluding hydrogens is 674 g/mol. The number of ether oxygens (including phenoxy) is 2. The molecule has 0 bridgehead atoms. The van der Waals surface area contributed by atoms with E-state index >= 15 is 4.39 Å². The summed E-state index contributed by atoms with van der Waals surface area (Å²) in [6.07, 6.45) is -1.08. The smallest absolute Gasteiger partial charge is 0.261 e. The molecular formula is C35H33BrF2N2O5Si. The van der Waals surface area contributed by atoms with E-state index in [1.165, 1.54) is 0 Å². The van der Waals surface area contributed by atoms with Gasteiger partial charge in [0.2, 0.25) is 5.89 Å². The van der Waals surface area contributed by atoms with Gasteiger partial charge < -0.3 is 24.1 Å². The average Bonchev–Trinajstić information content (AvgIpc) is 3.43. The van der Waals surface area contributed by atoms with Crippen molar-refractivity contribution in [3.8, 4) is 23.0 Å². The molecule has 0 aliphatic carbocycles. The highest BCUT2D eigenvalue weighted by atomic mass is 79.9. The number of hydrogen-bond acceptors (Lipinski definition) is 6. The van der Waals surface area contributed by atoms with Crippen LogP contribution in [0, 0.1) is 11.6 Å². The number of carbonyl (C=O) groups excluding carboxylic acids is 1. The summed E-state index contributed by atoms with van der Waals surface area (Å²) in [6.45, 7) is 6.27. The van der Waals surface area contributed by atoms with Gasteiger partial charge in [0.05, 0.1) is 13.7 Å². The van der Waals surface area contributed by atoms with E-state index in [9.17, 15) is 9.18 Å². The summed E-state index contributed by atoms with van der Waals surface area (Å²) in [6, 6.07) is 29.1. The highest BCUT2D eigenvalue weighted by Crippen LogP contribution is 2.39. The minimum absolute atomic E-state index is 0.108. The topological polar surface area (TPSA) is 96.8 Å². The number of rotatable bonds is 11. The molecule has 0 aliphatic rings. The zero-order valence-corrected chi connectivity index (χ0v) is 28.3. The van der Waals surface area contributed by atoms with E-state index in [0.29, 0.717) is 11.3 Å². The standard InChI is InChI=1S/C35H33BrF2N2O5Si/c1-35(2,3)46(24-11-7-5-8-12-24,25-13-9-6-10-14-25)43-21-28(44-27-20-19-26(37)29(30(27)38)33(39)41)31-32(36)45-34(40-31)22-15-17-23(42-4)18-16-22/h5-20,28H,21H2,1-4H3,(H2,39,41). The van der Waals surface area contributed by atoms with Crippen LogP contribution >= 0.6 is 15.9 Å². The van der Waals surface area contributed by atoms with E-state index in [1.807, 2.05) is 60.7 Å². The Morgan fingerprint density at radius 1 is 0.935 bits per heavy atom. The molecule has 0 saturated carbocycles. The Hall–Kier alpha value is -4.32. The van der Waals surface area contributed by atoms with Gasteiger partial charge in [-0.25, -0.2) is 13.8 Å². The van der Waals surface area contributed by atoms with Crippen LogP contribution in [0.15, 0.2) is 106 Å². The van der Waals surface area contributed by atoms with E-state index in [-0.39, 0.29) is 27.9 Å². The van der Waals surface area contributed by atoms with E-state index in [2.05, 4.69) is 36.7 Å². The molecule has 1 heterocycles. The molecule has 1 unspecified atom stereocenters. The first-order chi connectivity index (χ1) is 22.0. The summed E-state index contributed by atoms with van der Waals surface area (Å²) in [7, 11) is -1.52. The van der Waals surface area contributed by atoms with Crippen molar-refractivity contribution in [2.75, 3.05) is 13.7 Å². The fraction of sp³-hybridized carbons (Fsp3) is 0.200. The van der Waals surface area contributed by atoms with Crippen molar-refractivity contribution in [3.05, 3.63) is 125 Å². The van der Waals surface area contributed by atoms with Gasteiger partial charge in [-0.2, -0.15) is 0 Å². The maximum absolute atomic E-state index is 15.5. The summed E-state index contributed by atoms with van der Waals surface area (Å²) in [4.78, 5) is 16.6. The number of nitrogens with zero attached hydrogens (tertiary/aromatic N) is 1. The van der Waals surface area contributed by atoms with E-state index in [1.54, 1.807) is 31.4 Å². The van der Waals surface area contributed by atoms with Crippen LogP contribution in [0.2, 0.25) is 5.04 Å². The first-order valence-corrected chi connectivity index (χ1v) is 17.2. The summed E-state index contributed by atoms with van der Waals surface area (Å²) in [5.74, 6) is -3.05. The lowest BCUT2D eigenvalue weighted by molar-refractivity contribution is 0.0983. The normalized spacial score (nSPS) is 12.5. The van der Waals surface area contributed by atoms with Crippen molar-refractivity contribution in [1.82, 2.24) is 4.98 Å². The van der Waals surface area contributed by atoms with E-state index in [0.717, 1.165) is 22.5 Å². The largest absolute Gasteiger partial charge is 0.497 e. The lowest BCUT2D eigenvalue weighted by atomic mass is 10.1. The second kappa shape index (κ2) is 13.6. The third-order valence-corrected chi connectivity index (χ3v) is 13.3. The molecule has 5 aromatic rings. The van der Waals surface area contributed by atoms with Crippen molar-refractivity contribution in [2.24, 2.45) is 5.73 Å². The van der Waals surface area contributed by atoms with Crippen molar-refractivity contribution in [2.45, 2.75) is 31.9 Å². The van der Waals surface area contributed by atoms with Crippen LogP contribution in [0.5, 0.6) is 11.5 Å². The Balaban J connectivity index is 1.63. The number of oxazole rings is 1. The molecule has 4 aromatic carbocycles. The molecule has 0 saturated heterocycles. The second-order valence-electron chi connectivity index (χ2n) is 11.6. The highest BCUT2D eigenvalue weighted by molar-refractivity contribution is 9.10. The Morgan fingerprint density at radius 3 is 2.04 bits per heavy atom. The Bertz CT molecular complexity index is 1770. The van der Waals surface area contributed by atoms with Crippen LogP contribution in [0.4, 0.5) is 8.78 Å². The minimum Gasteiger partial charge on any atom is -0.497 e. The summed E-state index contributed by atoms with van der Waals surface area (Å²) in [5, 5.41) is 1.67. The van der Waals surface area contributed by atoms with Crippen LogP contribution in [0.3, 0.4) is 0 Å². The lowest BCUT2D eigenvalue weighted by Crippen LogP contribution is -2.66. The van der Waals surface area contributed by atoms with Gasteiger partial charge in [0.1, 0.15) is 22.8 Å². The number of benzene rings is 4. The first-order valence-electron chi connectivity index (χ1n) is 14.5. The van der Waals surface area contributed by atoms with Crippen LogP contribution in [0.25, 0.3) is 11.5 Å². The van der Waals surface area contributed by atoms with Crippen molar-refractivity contribution < 1.29 is 31.9 Å². The van der Waals surface area contributed by atoms with Gasteiger partial charge in [0, 0.05) is 5.56 Å². The molecule has 0 radical (unpaired) electrons. The monoisotopic (exact) mass is 706 g/mol. The molecule has 5 rings (SSSR count). The molecule has 1 amide bonds. The van der Waals surface area contributed by atoms with Gasteiger partial charge in [-0.1, -0.05) is 81.4 Å². The molecule has 0 spiro atoms. The van der Waals surface area contributed by atoms with Crippen molar-refractivity contribution >= 4 is 40.5 Å². The van der Waals surface area contributed by atoms with Gasteiger partial charge >= 0.3 is 0 Å². The van der Waals surface area contributed by atoms with Crippen LogP contribution in [-0.4, -0.2) is 32.9 Å². The number of primary amides is 1. The molecule has 7 nitrogen and oxygen atoms in total. The number of aromatic nitrogens is 1. The van der Waals surface area contributed by atoms with E-state index < -0.39 is 43.3 Å². The second-order valence-corrected chi connectivity index (χ2v) is 16.6. The predicted octanol–water partition coefficient (Wildman–Crippen LogP) is 7.19. The Kier molecular flexibility index (Phi) is 9.76. The Labute approximate surface area is 275 Å². The molecule has 0 fully saturated rings. The number of halogens is 3. The SMILES string of the molecule is COc1ccc(-c2nc(C(CO[Si](c3ccccc3)(c3ccccc3)C(C)(C)C)Oc3ccc(F)c(C(N)=O)c3F)c(Br)o2)cc1. The zero-order chi connectivity index (χ0) is 33.1. The number of methoxy groups -OCH3 is 1. The summed E-state index contributed by atoms with van der Waals surface area (Å²) < 4.78 is 54.7. The third-order valence-electron chi connectivity index (χ3n) is 7.69. The number of amides is 1. The van der Waals surface area contributed by atoms with Gasteiger partial charge in [-0.15, -0.1) is 0 Å². The molecule has 46 heavy (non-hydrogen) atoms. The molecule has 1 aromatic heterocycles. The minimum atomic E-state index is -3.09. The number of nitrogens with two attached hydrogens (primary N) is 1. The first kappa shape index (κ1) is 33.1. The molecule has 2 N–H and O–H groups in total. The third kappa shape index (κ3) is 6.48. The van der Waals surface area contributed by atoms with Gasteiger partial charge in [0.15, 0.2) is 22.3 Å². The lowest BCUT2D eigenvalue weighted by Gasteiger charge is -2.43. The quantitative estimate of drug-likeness (QED) is 0.146. The van der Waals surface area contributed by atoms with Gasteiger partial charge in [-0.3, -0.25) is 4.79 Å². The van der Waals surface area contributed by atoms with Gasteiger partial charge in [-0.05, 0) is 67.7 Å². The van der Waals surface area contributed by atoms with Crippen molar-refractivity contribution in [1.29, 1.82) is 0 Å². The Morgan fingerprint density at radius 2 is 1.52 bits per heavy atom. The summed E-state index contributed by atoms with van der Waals surface area (Å²) in [5.41, 5.74) is 5.32.